The van der Waals surface area contributed by atoms with Crippen molar-refractivity contribution in [3.63, 3.8) is 0 Å². The number of allylic oxidation sites excluding steroid dienone is 2. The van der Waals surface area contributed by atoms with Gasteiger partial charge >= 0.3 is 0 Å². The number of hydrogen-bond donors (Lipinski definition) is 0. The standard InChI is InChI=1S/C15H25NO/c1-5-8-9-13(6-2)11-16-14(7-3)10-12(4)15(16)17/h7,13H,4-6,8-11H2,1-3H3/b14-7+. The summed E-state index contributed by atoms with van der Waals surface area (Å²) < 4.78 is 0. The summed E-state index contributed by atoms with van der Waals surface area (Å²) in [5.41, 5.74) is 1.87. The van der Waals surface area contributed by atoms with Crippen LogP contribution in [0.2, 0.25) is 0 Å². The van der Waals surface area contributed by atoms with Crippen LogP contribution in [0, 0.1) is 5.92 Å². The van der Waals surface area contributed by atoms with Crippen molar-refractivity contribution in [2.75, 3.05) is 6.54 Å². The van der Waals surface area contributed by atoms with Crippen LogP contribution in [0.1, 0.15) is 52.9 Å². The number of rotatable bonds is 6. The van der Waals surface area contributed by atoms with Crippen molar-refractivity contribution in [3.8, 4) is 0 Å². The van der Waals surface area contributed by atoms with Crippen LogP contribution in [0.4, 0.5) is 0 Å². The molecule has 1 rings (SSSR count). The predicted molar refractivity (Wildman–Crippen MR) is 72.5 cm³/mol. The molecule has 2 heteroatoms. The lowest BCUT2D eigenvalue weighted by Crippen LogP contribution is -2.29. The van der Waals surface area contributed by atoms with E-state index in [9.17, 15) is 4.79 Å². The van der Waals surface area contributed by atoms with Crippen molar-refractivity contribution in [1.29, 1.82) is 0 Å². The van der Waals surface area contributed by atoms with Crippen LogP contribution < -0.4 is 0 Å². The third-order valence-electron chi connectivity index (χ3n) is 3.61. The Morgan fingerprint density at radius 1 is 1.47 bits per heavy atom. The quantitative estimate of drug-likeness (QED) is 0.639. The molecule has 1 saturated heterocycles. The molecule has 96 valence electrons. The smallest absolute Gasteiger partial charge is 0.253 e. The Morgan fingerprint density at radius 2 is 2.18 bits per heavy atom. The van der Waals surface area contributed by atoms with Gasteiger partial charge in [-0.15, -0.1) is 0 Å². The first kappa shape index (κ1) is 14.0. The van der Waals surface area contributed by atoms with Crippen LogP contribution in [0.25, 0.3) is 0 Å². The van der Waals surface area contributed by atoms with E-state index in [1.54, 1.807) is 0 Å². The van der Waals surface area contributed by atoms with E-state index >= 15 is 0 Å². The van der Waals surface area contributed by atoms with E-state index in [1.165, 1.54) is 19.3 Å². The number of nitrogens with zero attached hydrogens (tertiary/aromatic N) is 1. The van der Waals surface area contributed by atoms with Gasteiger partial charge < -0.3 is 4.90 Å². The molecule has 0 spiro atoms. The van der Waals surface area contributed by atoms with Gasteiger partial charge in [0.2, 0.25) is 0 Å². The highest BCUT2D eigenvalue weighted by Gasteiger charge is 2.29. The Balaban J connectivity index is 2.64. The summed E-state index contributed by atoms with van der Waals surface area (Å²) in [5.74, 6) is 0.757. The van der Waals surface area contributed by atoms with Gasteiger partial charge in [0.25, 0.3) is 5.91 Å². The predicted octanol–water partition coefficient (Wildman–Crippen LogP) is 3.90. The zero-order valence-corrected chi connectivity index (χ0v) is 11.5. The van der Waals surface area contributed by atoms with Crippen molar-refractivity contribution < 1.29 is 4.79 Å². The maximum atomic E-state index is 12.0. The lowest BCUT2D eigenvalue weighted by atomic mass is 9.99. The number of carbonyl (C=O) groups is 1. The second-order valence-corrected chi connectivity index (χ2v) is 4.89. The maximum absolute atomic E-state index is 12.0. The van der Waals surface area contributed by atoms with Gasteiger partial charge in [-0.25, -0.2) is 0 Å². The number of carbonyl (C=O) groups excluding carboxylic acids is 1. The highest BCUT2D eigenvalue weighted by molar-refractivity contribution is 5.97. The molecule has 0 aromatic heterocycles. The molecule has 17 heavy (non-hydrogen) atoms. The summed E-state index contributed by atoms with van der Waals surface area (Å²) in [4.78, 5) is 13.9. The zero-order chi connectivity index (χ0) is 12.8. The Morgan fingerprint density at radius 3 is 2.71 bits per heavy atom. The van der Waals surface area contributed by atoms with Crippen molar-refractivity contribution in [3.05, 3.63) is 23.9 Å². The van der Waals surface area contributed by atoms with E-state index in [4.69, 9.17) is 0 Å². The second kappa shape index (κ2) is 6.63. The molecular weight excluding hydrogens is 210 g/mol. The fraction of sp³-hybridized carbons (Fsp3) is 0.667. The lowest BCUT2D eigenvalue weighted by molar-refractivity contribution is -0.124. The molecule has 0 aromatic carbocycles. The van der Waals surface area contributed by atoms with Gasteiger partial charge in [0, 0.05) is 24.2 Å². The van der Waals surface area contributed by atoms with Crippen molar-refractivity contribution in [1.82, 2.24) is 4.90 Å². The first-order valence-corrected chi connectivity index (χ1v) is 6.78. The summed E-state index contributed by atoms with van der Waals surface area (Å²) in [5, 5.41) is 0. The third kappa shape index (κ3) is 3.45. The van der Waals surface area contributed by atoms with Gasteiger partial charge in [-0.05, 0) is 19.3 Å². The Kier molecular flexibility index (Phi) is 5.46. The van der Waals surface area contributed by atoms with Crippen molar-refractivity contribution >= 4 is 5.91 Å². The van der Waals surface area contributed by atoms with Gasteiger partial charge in [0.05, 0.1) is 0 Å². The molecular formula is C15H25NO. The van der Waals surface area contributed by atoms with Crippen LogP contribution >= 0.6 is 0 Å². The Labute approximate surface area is 105 Å². The zero-order valence-electron chi connectivity index (χ0n) is 11.5. The van der Waals surface area contributed by atoms with Gasteiger partial charge in [-0.1, -0.05) is 45.8 Å². The SMILES string of the molecule is C=C1C/C(=C\C)N(CC(CC)CCCC)C1=O. The molecule has 0 aromatic rings. The first-order chi connectivity index (χ1) is 8.13. The molecule has 0 saturated carbocycles. The Hall–Kier alpha value is -1.05. The number of amides is 1. The number of unbranched alkanes of at least 4 members (excludes halogenated alkanes) is 1. The van der Waals surface area contributed by atoms with E-state index in [2.05, 4.69) is 20.4 Å². The van der Waals surface area contributed by atoms with E-state index < -0.39 is 0 Å². The molecule has 1 atom stereocenters. The highest BCUT2D eigenvalue weighted by atomic mass is 16.2. The molecule has 0 bridgehead atoms. The largest absolute Gasteiger partial charge is 0.312 e. The molecule has 1 aliphatic rings. The van der Waals surface area contributed by atoms with Gasteiger partial charge in [0.1, 0.15) is 0 Å². The summed E-state index contributed by atoms with van der Waals surface area (Å²) in [6, 6.07) is 0. The lowest BCUT2D eigenvalue weighted by Gasteiger charge is -2.23. The third-order valence-corrected chi connectivity index (χ3v) is 3.61. The molecule has 0 aliphatic carbocycles. The van der Waals surface area contributed by atoms with Crippen molar-refractivity contribution in [2.45, 2.75) is 52.9 Å². The molecule has 2 nitrogen and oxygen atoms in total. The van der Waals surface area contributed by atoms with Crippen LogP contribution in [0.5, 0.6) is 0 Å². The minimum Gasteiger partial charge on any atom is -0.312 e. The Bertz CT molecular complexity index is 317. The van der Waals surface area contributed by atoms with Crippen molar-refractivity contribution in [2.24, 2.45) is 5.92 Å². The topological polar surface area (TPSA) is 20.3 Å². The number of hydrogen-bond acceptors (Lipinski definition) is 1. The molecule has 1 amide bonds. The normalized spacial score (nSPS) is 20.4. The molecule has 1 fully saturated rings. The van der Waals surface area contributed by atoms with Crippen LogP contribution in [-0.4, -0.2) is 17.4 Å². The molecule has 1 heterocycles. The van der Waals surface area contributed by atoms with E-state index in [0.717, 1.165) is 30.7 Å². The van der Waals surface area contributed by atoms with E-state index in [-0.39, 0.29) is 5.91 Å². The minimum atomic E-state index is 0.132. The second-order valence-electron chi connectivity index (χ2n) is 4.89. The molecule has 1 aliphatic heterocycles. The number of likely N-dealkylation sites (tertiary alicyclic amines) is 1. The van der Waals surface area contributed by atoms with E-state index in [0.29, 0.717) is 5.92 Å². The average molecular weight is 235 g/mol. The van der Waals surface area contributed by atoms with E-state index in [1.807, 2.05) is 17.9 Å². The summed E-state index contributed by atoms with van der Waals surface area (Å²) in [7, 11) is 0. The average Bonchev–Trinajstić information content (AvgIpc) is 2.61. The summed E-state index contributed by atoms with van der Waals surface area (Å²) in [6.45, 7) is 11.1. The molecule has 0 N–H and O–H groups in total. The highest BCUT2D eigenvalue weighted by Crippen LogP contribution is 2.28. The van der Waals surface area contributed by atoms with Gasteiger partial charge in [0.15, 0.2) is 0 Å². The monoisotopic (exact) mass is 235 g/mol. The van der Waals surface area contributed by atoms with Crippen LogP contribution in [0.3, 0.4) is 0 Å². The van der Waals surface area contributed by atoms with Gasteiger partial charge in [-0.2, -0.15) is 0 Å². The molecule has 0 radical (unpaired) electrons. The first-order valence-electron chi connectivity index (χ1n) is 6.78. The summed E-state index contributed by atoms with van der Waals surface area (Å²) in [6.07, 6.45) is 7.63. The van der Waals surface area contributed by atoms with Crippen LogP contribution in [-0.2, 0) is 4.79 Å². The maximum Gasteiger partial charge on any atom is 0.253 e. The minimum absolute atomic E-state index is 0.132. The van der Waals surface area contributed by atoms with Crippen LogP contribution in [0.15, 0.2) is 23.9 Å². The molecule has 1 unspecified atom stereocenters. The fourth-order valence-electron chi connectivity index (χ4n) is 2.34. The van der Waals surface area contributed by atoms with Gasteiger partial charge in [-0.3, -0.25) is 4.79 Å². The fourth-order valence-corrected chi connectivity index (χ4v) is 2.34. The summed E-state index contributed by atoms with van der Waals surface area (Å²) >= 11 is 0.